The Labute approximate surface area is 87.3 Å². The summed E-state index contributed by atoms with van der Waals surface area (Å²) in [4.78, 5) is 0. The highest BCUT2D eigenvalue weighted by Gasteiger charge is 2.21. The van der Waals surface area contributed by atoms with E-state index in [0.29, 0.717) is 6.04 Å². The molecule has 1 saturated carbocycles. The van der Waals surface area contributed by atoms with Gasteiger partial charge in [-0.3, -0.25) is 0 Å². The van der Waals surface area contributed by atoms with E-state index < -0.39 is 0 Å². The van der Waals surface area contributed by atoms with Gasteiger partial charge in [0.05, 0.1) is 0 Å². The Morgan fingerprint density at radius 3 is 3.08 bits per heavy atom. The van der Waals surface area contributed by atoms with E-state index >= 15 is 0 Å². The Kier molecular flexibility index (Phi) is 2.80. The molecule has 0 bridgehead atoms. The van der Waals surface area contributed by atoms with E-state index in [0.717, 1.165) is 11.7 Å². The van der Waals surface area contributed by atoms with Crippen molar-refractivity contribution in [2.24, 2.45) is 0 Å². The van der Waals surface area contributed by atoms with Crippen LogP contribution in [0.1, 0.15) is 18.4 Å². The average Bonchev–Trinajstić information content (AvgIpc) is 2.78. The van der Waals surface area contributed by atoms with Gasteiger partial charge in [0.1, 0.15) is 0 Å². The second kappa shape index (κ2) is 4.07. The van der Waals surface area contributed by atoms with Crippen molar-refractivity contribution in [3.8, 4) is 0 Å². The summed E-state index contributed by atoms with van der Waals surface area (Å²) >= 11 is 6.84. The quantitative estimate of drug-likeness (QED) is 0.748. The van der Waals surface area contributed by atoms with Crippen LogP contribution in [0.4, 0.5) is 0 Å². The third-order valence-corrected chi connectivity index (χ3v) is 2.94. The molecule has 2 rings (SSSR count). The zero-order chi connectivity index (χ0) is 9.10. The molecule has 2 N–H and O–H groups in total. The van der Waals surface area contributed by atoms with E-state index in [1.165, 1.54) is 18.4 Å². The fourth-order valence-corrected chi connectivity index (χ4v) is 1.95. The molecule has 1 heterocycles. The van der Waals surface area contributed by atoms with Gasteiger partial charge >= 0.3 is 0 Å². The SMILES string of the molecule is S=C(NCc1ccsc1)NC1CC1. The minimum Gasteiger partial charge on any atom is -0.360 e. The van der Waals surface area contributed by atoms with Gasteiger partial charge in [0.2, 0.25) is 0 Å². The lowest BCUT2D eigenvalue weighted by Gasteiger charge is -2.07. The van der Waals surface area contributed by atoms with Crippen LogP contribution in [-0.4, -0.2) is 11.2 Å². The van der Waals surface area contributed by atoms with Gasteiger partial charge in [-0.15, -0.1) is 0 Å². The number of hydrogen-bond donors (Lipinski definition) is 2. The number of nitrogens with one attached hydrogen (secondary N) is 2. The third kappa shape index (κ3) is 2.97. The number of rotatable bonds is 3. The predicted molar refractivity (Wildman–Crippen MR) is 59.9 cm³/mol. The maximum Gasteiger partial charge on any atom is 0.166 e. The Balaban J connectivity index is 1.69. The van der Waals surface area contributed by atoms with Crippen LogP contribution in [-0.2, 0) is 6.54 Å². The van der Waals surface area contributed by atoms with Crippen LogP contribution < -0.4 is 10.6 Å². The predicted octanol–water partition coefficient (Wildman–Crippen LogP) is 1.87. The van der Waals surface area contributed by atoms with Crippen molar-refractivity contribution in [2.45, 2.75) is 25.4 Å². The van der Waals surface area contributed by atoms with Crippen LogP contribution in [0.15, 0.2) is 16.8 Å². The van der Waals surface area contributed by atoms with Gasteiger partial charge in [0.25, 0.3) is 0 Å². The first kappa shape index (κ1) is 8.97. The van der Waals surface area contributed by atoms with Crippen LogP contribution in [0, 0.1) is 0 Å². The molecule has 0 aliphatic heterocycles. The summed E-state index contributed by atoms with van der Waals surface area (Å²) in [5.74, 6) is 0. The molecule has 0 radical (unpaired) electrons. The lowest BCUT2D eigenvalue weighted by Crippen LogP contribution is -2.35. The van der Waals surface area contributed by atoms with Crippen LogP contribution in [0.25, 0.3) is 0 Å². The molecule has 13 heavy (non-hydrogen) atoms. The van der Waals surface area contributed by atoms with E-state index in [2.05, 4.69) is 27.5 Å². The molecule has 1 aliphatic carbocycles. The third-order valence-electron chi connectivity index (χ3n) is 1.95. The van der Waals surface area contributed by atoms with Crippen molar-refractivity contribution in [1.82, 2.24) is 10.6 Å². The number of thiocarbonyl (C=S) groups is 1. The second-order valence-corrected chi connectivity index (χ2v) is 4.42. The van der Waals surface area contributed by atoms with Crippen molar-refractivity contribution in [3.63, 3.8) is 0 Å². The fraction of sp³-hybridized carbons (Fsp3) is 0.444. The highest BCUT2D eigenvalue weighted by molar-refractivity contribution is 7.80. The van der Waals surface area contributed by atoms with Crippen molar-refractivity contribution in [3.05, 3.63) is 22.4 Å². The second-order valence-electron chi connectivity index (χ2n) is 3.23. The number of hydrogen-bond acceptors (Lipinski definition) is 2. The van der Waals surface area contributed by atoms with Crippen molar-refractivity contribution in [1.29, 1.82) is 0 Å². The van der Waals surface area contributed by atoms with Gasteiger partial charge in [0, 0.05) is 12.6 Å². The molecule has 1 aromatic heterocycles. The topological polar surface area (TPSA) is 24.1 Å². The molecule has 0 amide bonds. The minimum atomic E-state index is 0.641. The van der Waals surface area contributed by atoms with Crippen LogP contribution in [0.3, 0.4) is 0 Å². The summed E-state index contributed by atoms with van der Waals surface area (Å²) in [7, 11) is 0. The van der Waals surface area contributed by atoms with E-state index in [4.69, 9.17) is 12.2 Å². The lowest BCUT2D eigenvalue weighted by atomic mass is 10.3. The zero-order valence-electron chi connectivity index (χ0n) is 7.25. The Morgan fingerprint density at radius 1 is 1.62 bits per heavy atom. The van der Waals surface area contributed by atoms with E-state index in [-0.39, 0.29) is 0 Å². The highest BCUT2D eigenvalue weighted by Crippen LogP contribution is 2.18. The first-order chi connectivity index (χ1) is 6.34. The minimum absolute atomic E-state index is 0.641. The Hall–Kier alpha value is -0.610. The Morgan fingerprint density at radius 2 is 2.46 bits per heavy atom. The monoisotopic (exact) mass is 212 g/mol. The molecule has 4 heteroatoms. The fourth-order valence-electron chi connectivity index (χ4n) is 1.04. The van der Waals surface area contributed by atoms with E-state index in [1.54, 1.807) is 11.3 Å². The normalized spacial score (nSPS) is 15.4. The largest absolute Gasteiger partial charge is 0.360 e. The molecule has 70 valence electrons. The molecule has 0 atom stereocenters. The molecular formula is C9H12N2S2. The van der Waals surface area contributed by atoms with Crippen molar-refractivity contribution in [2.75, 3.05) is 0 Å². The molecule has 0 unspecified atom stereocenters. The standard InChI is InChI=1S/C9H12N2S2/c12-9(11-8-1-2-8)10-5-7-3-4-13-6-7/h3-4,6,8H,1-2,5H2,(H2,10,11,12). The first-order valence-corrected chi connectivity index (χ1v) is 5.75. The van der Waals surface area contributed by atoms with E-state index in [9.17, 15) is 0 Å². The average molecular weight is 212 g/mol. The molecule has 1 fully saturated rings. The van der Waals surface area contributed by atoms with Crippen molar-refractivity contribution >= 4 is 28.7 Å². The maximum atomic E-state index is 5.12. The summed E-state index contributed by atoms with van der Waals surface area (Å²) in [6, 6.07) is 2.75. The summed E-state index contributed by atoms with van der Waals surface area (Å²) < 4.78 is 0. The van der Waals surface area contributed by atoms with Gasteiger partial charge in [-0.05, 0) is 47.4 Å². The molecule has 0 aromatic carbocycles. The summed E-state index contributed by atoms with van der Waals surface area (Å²) in [5.41, 5.74) is 1.30. The van der Waals surface area contributed by atoms with Gasteiger partial charge in [-0.2, -0.15) is 11.3 Å². The summed E-state index contributed by atoms with van der Waals surface area (Å²) in [6.45, 7) is 0.835. The van der Waals surface area contributed by atoms with E-state index in [1.807, 2.05) is 0 Å². The summed E-state index contributed by atoms with van der Waals surface area (Å²) in [6.07, 6.45) is 2.53. The summed E-state index contributed by atoms with van der Waals surface area (Å²) in [5, 5.41) is 11.4. The van der Waals surface area contributed by atoms with Gasteiger partial charge in [-0.25, -0.2) is 0 Å². The lowest BCUT2D eigenvalue weighted by molar-refractivity contribution is 0.831. The van der Waals surface area contributed by atoms with Gasteiger partial charge < -0.3 is 10.6 Å². The van der Waals surface area contributed by atoms with Crippen molar-refractivity contribution < 1.29 is 0 Å². The van der Waals surface area contributed by atoms with Crippen LogP contribution in [0.5, 0.6) is 0 Å². The molecule has 1 aliphatic rings. The van der Waals surface area contributed by atoms with Gasteiger partial charge in [0.15, 0.2) is 5.11 Å². The molecule has 1 aromatic rings. The number of thiophene rings is 1. The Bertz CT molecular complexity index is 278. The van der Waals surface area contributed by atoms with Crippen LogP contribution in [0.2, 0.25) is 0 Å². The molecule has 2 nitrogen and oxygen atoms in total. The zero-order valence-corrected chi connectivity index (χ0v) is 8.88. The highest BCUT2D eigenvalue weighted by atomic mass is 32.1. The molecule has 0 saturated heterocycles. The molecular weight excluding hydrogens is 200 g/mol. The van der Waals surface area contributed by atoms with Gasteiger partial charge in [-0.1, -0.05) is 0 Å². The first-order valence-electron chi connectivity index (χ1n) is 4.40. The van der Waals surface area contributed by atoms with Crippen LogP contribution >= 0.6 is 23.6 Å². The smallest absolute Gasteiger partial charge is 0.166 e. The molecule has 0 spiro atoms. The maximum absolute atomic E-state index is 5.12.